The first-order valence-corrected chi connectivity index (χ1v) is 20.5. The van der Waals surface area contributed by atoms with Gasteiger partial charge in [-0.1, -0.05) is 71.0 Å². The Kier molecular flexibility index (Phi) is 15.0. The van der Waals surface area contributed by atoms with Crippen LogP contribution in [0.5, 0.6) is 0 Å². The Morgan fingerprint density at radius 3 is 1.58 bits per heavy atom. The minimum Gasteiger partial charge on any atom is -0.465 e. The zero-order chi connectivity index (χ0) is 46.1. The third kappa shape index (κ3) is 10.8. The molecule has 0 bridgehead atoms. The second-order valence-corrected chi connectivity index (χ2v) is 15.2. The monoisotopic (exact) mass is 930 g/mol. The molecule has 0 aliphatic heterocycles. The first kappa shape index (κ1) is 46.2. The van der Waals surface area contributed by atoms with Gasteiger partial charge in [0.25, 0.3) is 0 Å². The first-order chi connectivity index (χ1) is 30.7. The summed E-state index contributed by atoms with van der Waals surface area (Å²) >= 11 is 3.39. The number of benzene rings is 4. The zero-order valence-electron chi connectivity index (χ0n) is 35.7. The van der Waals surface area contributed by atoms with Crippen molar-refractivity contribution in [2.24, 2.45) is 0 Å². The Hall–Kier alpha value is -7.28. The van der Waals surface area contributed by atoms with Crippen LogP contribution < -0.4 is 27.2 Å². The van der Waals surface area contributed by atoms with E-state index in [-0.39, 0.29) is 11.1 Å². The lowest BCUT2D eigenvalue weighted by molar-refractivity contribution is 0.0592. The van der Waals surface area contributed by atoms with Crippen LogP contribution in [-0.2, 0) is 22.6 Å². The van der Waals surface area contributed by atoms with Crippen LogP contribution >= 0.6 is 15.9 Å². The molecule has 4 aromatic heterocycles. The molecular weight excluding hydrogens is 887 g/mol. The fourth-order valence-electron chi connectivity index (χ4n) is 6.94. The number of fused-ring (bicyclic) bond motifs is 2. The van der Waals surface area contributed by atoms with Gasteiger partial charge < -0.3 is 49.2 Å². The summed E-state index contributed by atoms with van der Waals surface area (Å²) < 4.78 is 20.3. The van der Waals surface area contributed by atoms with Crippen molar-refractivity contribution in [2.45, 2.75) is 40.8 Å². The number of carbonyl (C=O) groups excluding carboxylic acids is 2. The molecule has 0 unspecified atom stereocenters. The minimum atomic E-state index is -1.48. The summed E-state index contributed by atoms with van der Waals surface area (Å²) in [4.78, 5) is 54.0. The molecule has 64 heavy (non-hydrogen) atoms. The van der Waals surface area contributed by atoms with Gasteiger partial charge in [0, 0.05) is 68.4 Å². The van der Waals surface area contributed by atoms with Gasteiger partial charge in [-0.05, 0) is 79.0 Å². The Bertz CT molecular complexity index is 3020. The number of hydrogen-bond acceptors (Lipinski definition) is 14. The van der Waals surface area contributed by atoms with Crippen molar-refractivity contribution < 1.29 is 38.2 Å². The molecule has 0 aliphatic rings. The standard InChI is InChI=1S/C23H21N3O4.C18H15BrN2O3.C5H8BNO3/c1-13-22(14(2)30-26-13)16-9-18-19(24-12-15-7-5-4-6-8-15)11-21(27)25-20(18)10-17(16)23(28)29-3;1-24-18(23)12-8-16-13(7-14(12)19)15(9-17(22)21-16)20-10-11-5-3-2-4-6-11;1-3-5(6(8)9)4(2)10-7-3/h4-11H,12H2,1-3H3,(H2,24,25,27);2-9H,10H2,1H3,(H2,20,21,22);8-9H,1-2H3. The van der Waals surface area contributed by atoms with Crippen molar-refractivity contribution in [3.8, 4) is 11.1 Å². The highest BCUT2D eigenvalue weighted by atomic mass is 79.9. The second kappa shape index (κ2) is 20.7. The molecule has 18 heteroatoms. The number of aromatic nitrogens is 4. The maximum Gasteiger partial charge on any atom is 0.494 e. The molecule has 0 atom stereocenters. The maximum absolute atomic E-state index is 12.5. The topological polar surface area (TPSA) is 235 Å². The van der Waals surface area contributed by atoms with Gasteiger partial charge in [0.1, 0.15) is 11.5 Å². The highest BCUT2D eigenvalue weighted by Crippen LogP contribution is 2.35. The number of hydrogen-bond donors (Lipinski definition) is 6. The van der Waals surface area contributed by atoms with Crippen LogP contribution in [0.2, 0.25) is 0 Å². The van der Waals surface area contributed by atoms with Crippen LogP contribution in [0, 0.1) is 27.7 Å². The Balaban J connectivity index is 0.000000178. The van der Waals surface area contributed by atoms with E-state index in [2.05, 4.69) is 51.4 Å². The molecule has 16 nitrogen and oxygen atoms in total. The molecule has 4 aromatic carbocycles. The summed E-state index contributed by atoms with van der Waals surface area (Å²) in [6.45, 7) is 8.05. The lowest BCUT2D eigenvalue weighted by Crippen LogP contribution is -2.32. The molecule has 8 rings (SSSR count). The summed E-state index contributed by atoms with van der Waals surface area (Å²) in [5.41, 5.74) is 7.78. The average Bonchev–Trinajstić information content (AvgIpc) is 3.82. The van der Waals surface area contributed by atoms with Crippen molar-refractivity contribution in [3.05, 3.63) is 167 Å². The van der Waals surface area contributed by atoms with E-state index < -0.39 is 19.1 Å². The number of anilines is 2. The number of carbonyl (C=O) groups is 2. The number of nitrogens with zero attached hydrogens (tertiary/aromatic N) is 2. The smallest absolute Gasteiger partial charge is 0.465 e. The van der Waals surface area contributed by atoms with Crippen LogP contribution in [0.4, 0.5) is 11.4 Å². The third-order valence-corrected chi connectivity index (χ3v) is 10.7. The minimum absolute atomic E-state index is 0.240. The number of nitrogens with one attached hydrogen (secondary N) is 4. The van der Waals surface area contributed by atoms with Crippen LogP contribution in [0.3, 0.4) is 0 Å². The van der Waals surface area contributed by atoms with Gasteiger partial charge in [-0.15, -0.1) is 0 Å². The van der Waals surface area contributed by atoms with Gasteiger partial charge >= 0.3 is 19.1 Å². The van der Waals surface area contributed by atoms with E-state index in [1.807, 2.05) is 73.7 Å². The molecule has 0 radical (unpaired) electrons. The number of pyridine rings is 2. The van der Waals surface area contributed by atoms with E-state index >= 15 is 0 Å². The van der Waals surface area contributed by atoms with Gasteiger partial charge in [-0.3, -0.25) is 9.59 Å². The number of aromatic amines is 2. The maximum atomic E-state index is 12.5. The molecule has 0 amide bonds. The molecule has 4 heterocycles. The SMILES string of the molecule is COC(=O)c1cc2[nH]c(=O)cc(NCc3ccccc3)c2cc1-c1c(C)noc1C.COC(=O)c1cc2[nH]c(=O)cc(NCc3ccccc3)c2cc1Br.Cc1noc(C)c1B(O)O. The molecule has 8 aromatic rings. The van der Waals surface area contributed by atoms with Gasteiger partial charge in [-0.2, -0.15) is 0 Å². The number of methoxy groups -OCH3 is 2. The first-order valence-electron chi connectivity index (χ1n) is 19.7. The fraction of sp³-hybridized carbons (Fsp3) is 0.174. The van der Waals surface area contributed by atoms with Crippen molar-refractivity contribution in [1.29, 1.82) is 0 Å². The zero-order valence-corrected chi connectivity index (χ0v) is 37.2. The molecule has 328 valence electrons. The van der Waals surface area contributed by atoms with Crippen LogP contribution in [0.25, 0.3) is 32.9 Å². The number of rotatable bonds is 10. The Morgan fingerprint density at radius 2 is 1.14 bits per heavy atom. The number of halogens is 1. The van der Waals surface area contributed by atoms with Crippen molar-refractivity contribution in [2.75, 3.05) is 24.9 Å². The molecule has 0 aliphatic carbocycles. The second-order valence-electron chi connectivity index (χ2n) is 14.4. The van der Waals surface area contributed by atoms with E-state index in [0.717, 1.165) is 27.5 Å². The quantitative estimate of drug-likeness (QED) is 0.0608. The van der Waals surface area contributed by atoms with Crippen molar-refractivity contribution in [3.63, 3.8) is 0 Å². The van der Waals surface area contributed by atoms with E-state index in [0.29, 0.717) is 85.0 Å². The summed E-state index contributed by atoms with van der Waals surface area (Å²) in [6, 6.07) is 29.7. The molecular formula is C46H44BBrN6O10. The van der Waals surface area contributed by atoms with E-state index in [4.69, 9.17) is 24.0 Å². The van der Waals surface area contributed by atoms with E-state index in [1.54, 1.807) is 39.0 Å². The van der Waals surface area contributed by atoms with Crippen molar-refractivity contribution >= 4 is 73.6 Å². The fourth-order valence-corrected chi connectivity index (χ4v) is 7.44. The van der Waals surface area contributed by atoms with E-state index in [9.17, 15) is 19.2 Å². The lowest BCUT2D eigenvalue weighted by Gasteiger charge is -2.14. The number of esters is 2. The lowest BCUT2D eigenvalue weighted by atomic mass is 9.79. The highest BCUT2D eigenvalue weighted by molar-refractivity contribution is 9.10. The van der Waals surface area contributed by atoms with E-state index in [1.165, 1.54) is 26.4 Å². The number of aryl methyl sites for hydroxylation is 4. The third-order valence-electron chi connectivity index (χ3n) is 10.0. The van der Waals surface area contributed by atoms with Gasteiger partial charge in [0.15, 0.2) is 0 Å². The Labute approximate surface area is 374 Å². The Morgan fingerprint density at radius 1 is 0.672 bits per heavy atom. The number of H-pyrrole nitrogens is 2. The van der Waals surface area contributed by atoms with Gasteiger partial charge in [0.2, 0.25) is 11.1 Å². The summed E-state index contributed by atoms with van der Waals surface area (Å²) in [5.74, 6) is 0.0791. The van der Waals surface area contributed by atoms with Gasteiger partial charge in [0.05, 0.1) is 47.8 Å². The number of ether oxygens (including phenoxy) is 2. The van der Waals surface area contributed by atoms with Crippen LogP contribution in [-0.4, -0.2) is 63.6 Å². The molecule has 0 saturated heterocycles. The van der Waals surface area contributed by atoms with Crippen LogP contribution in [0.1, 0.15) is 54.8 Å². The predicted molar refractivity (Wildman–Crippen MR) is 248 cm³/mol. The summed E-state index contributed by atoms with van der Waals surface area (Å²) in [7, 11) is 1.16. The summed E-state index contributed by atoms with van der Waals surface area (Å²) in [6.07, 6.45) is 0. The summed E-state index contributed by atoms with van der Waals surface area (Å²) in [5, 5.41) is 33.2. The molecule has 0 spiro atoms. The van der Waals surface area contributed by atoms with Crippen molar-refractivity contribution in [1.82, 2.24) is 20.3 Å². The molecule has 0 fully saturated rings. The largest absolute Gasteiger partial charge is 0.494 e. The molecule has 0 saturated carbocycles. The highest BCUT2D eigenvalue weighted by Gasteiger charge is 2.23. The molecule has 6 N–H and O–H groups in total. The average molecular weight is 932 g/mol. The van der Waals surface area contributed by atoms with Gasteiger partial charge in [-0.25, -0.2) is 9.59 Å². The van der Waals surface area contributed by atoms with Crippen LogP contribution in [0.15, 0.2) is 120 Å². The normalized spacial score (nSPS) is 10.6. The predicted octanol–water partition coefficient (Wildman–Crippen LogP) is 6.86.